The fourth-order valence-electron chi connectivity index (χ4n) is 0.706. The minimum absolute atomic E-state index is 0.244. The molecule has 0 saturated carbocycles. The molecule has 0 aliphatic heterocycles. The Balaban J connectivity index is 3.14. The van der Waals surface area contributed by atoms with Crippen molar-refractivity contribution in [3.05, 3.63) is 29.8 Å². The van der Waals surface area contributed by atoms with Gasteiger partial charge in [0.1, 0.15) is 0 Å². The Labute approximate surface area is 63.1 Å². The highest BCUT2D eigenvalue weighted by Gasteiger charge is 1.90. The van der Waals surface area contributed by atoms with Gasteiger partial charge in [-0.2, -0.15) is 8.57 Å². The van der Waals surface area contributed by atoms with Crippen molar-refractivity contribution in [2.45, 2.75) is 6.92 Å². The van der Waals surface area contributed by atoms with E-state index < -0.39 is 0 Å². The van der Waals surface area contributed by atoms with Crippen LogP contribution in [0.25, 0.3) is 0 Å². The molecule has 1 rings (SSSR count). The first kappa shape index (κ1) is 7.15. The SMILES string of the molecule is Cc1ccccc1N=S=O. The summed E-state index contributed by atoms with van der Waals surface area (Å²) in [6.07, 6.45) is 0. The van der Waals surface area contributed by atoms with Gasteiger partial charge in [-0.3, -0.25) is 0 Å². The lowest BCUT2D eigenvalue weighted by Crippen LogP contribution is -1.69. The van der Waals surface area contributed by atoms with Crippen LogP contribution >= 0.6 is 0 Å². The van der Waals surface area contributed by atoms with Crippen LogP contribution in [-0.2, 0) is 11.5 Å². The largest absolute Gasteiger partial charge is 0.205 e. The van der Waals surface area contributed by atoms with Gasteiger partial charge >= 0.3 is 0 Å². The average Bonchev–Trinajstić information content (AvgIpc) is 1.94. The van der Waals surface area contributed by atoms with Crippen LogP contribution in [0.5, 0.6) is 0 Å². The third kappa shape index (κ3) is 1.51. The number of aryl methyl sites for hydroxylation is 1. The van der Waals surface area contributed by atoms with Gasteiger partial charge in [-0.05, 0) is 18.6 Å². The fourth-order valence-corrected chi connectivity index (χ4v) is 0.991. The first-order chi connectivity index (χ1) is 4.84. The number of benzene rings is 1. The highest BCUT2D eigenvalue weighted by molar-refractivity contribution is 7.54. The molecular weight excluding hydrogens is 146 g/mol. The van der Waals surface area contributed by atoms with Crippen LogP contribution in [0.15, 0.2) is 28.6 Å². The molecule has 10 heavy (non-hydrogen) atoms. The van der Waals surface area contributed by atoms with Crippen molar-refractivity contribution in [1.82, 2.24) is 0 Å². The molecule has 52 valence electrons. The highest BCUT2D eigenvalue weighted by Crippen LogP contribution is 2.15. The molecular formula is C7H7NOS. The maximum Gasteiger partial charge on any atom is 0.205 e. The second kappa shape index (κ2) is 3.27. The van der Waals surface area contributed by atoms with E-state index in [9.17, 15) is 4.21 Å². The van der Waals surface area contributed by atoms with Crippen molar-refractivity contribution in [3.8, 4) is 0 Å². The third-order valence-electron chi connectivity index (χ3n) is 1.25. The smallest absolute Gasteiger partial charge is 0.191 e. The van der Waals surface area contributed by atoms with Gasteiger partial charge in [-0.15, -0.1) is 0 Å². The van der Waals surface area contributed by atoms with Gasteiger partial charge in [0.05, 0.1) is 5.69 Å². The molecule has 0 aliphatic carbocycles. The van der Waals surface area contributed by atoms with E-state index in [1.165, 1.54) is 0 Å². The van der Waals surface area contributed by atoms with Gasteiger partial charge in [-0.1, -0.05) is 18.2 Å². The molecule has 0 radical (unpaired) electrons. The fraction of sp³-hybridized carbons (Fsp3) is 0.143. The first-order valence-corrected chi connectivity index (χ1v) is 3.60. The molecule has 3 heteroatoms. The van der Waals surface area contributed by atoms with E-state index in [1.54, 1.807) is 0 Å². The number of rotatable bonds is 1. The molecule has 0 heterocycles. The van der Waals surface area contributed by atoms with Gasteiger partial charge in [0.25, 0.3) is 0 Å². The Kier molecular flexibility index (Phi) is 2.34. The van der Waals surface area contributed by atoms with Crippen LogP contribution in [0.4, 0.5) is 5.69 Å². The standard InChI is InChI=1S/C7H7NOS/c1-6-4-2-3-5-7(6)8-10-9/h2-5H,1H3. The monoisotopic (exact) mass is 153 g/mol. The summed E-state index contributed by atoms with van der Waals surface area (Å²) in [5, 5.41) is 0. The summed E-state index contributed by atoms with van der Waals surface area (Å²) in [5.74, 6) is 0. The summed E-state index contributed by atoms with van der Waals surface area (Å²) in [6.45, 7) is 1.93. The van der Waals surface area contributed by atoms with Gasteiger partial charge in [-0.25, -0.2) is 0 Å². The Bertz CT molecular complexity index is 279. The summed E-state index contributed by atoms with van der Waals surface area (Å²) >= 11 is 0.244. The Morgan fingerprint density at radius 2 is 2.10 bits per heavy atom. The number of hydrogen-bond acceptors (Lipinski definition) is 2. The molecule has 0 N–H and O–H groups in total. The molecule has 0 saturated heterocycles. The maximum absolute atomic E-state index is 10.0. The van der Waals surface area contributed by atoms with E-state index in [4.69, 9.17) is 0 Å². The predicted octanol–water partition coefficient (Wildman–Crippen LogP) is 2.02. The molecule has 0 aromatic heterocycles. The van der Waals surface area contributed by atoms with E-state index in [0.29, 0.717) is 0 Å². The molecule has 0 amide bonds. The lowest BCUT2D eigenvalue weighted by molar-refractivity contribution is 0.698. The van der Waals surface area contributed by atoms with Crippen LogP contribution in [0.1, 0.15) is 5.56 Å². The summed E-state index contributed by atoms with van der Waals surface area (Å²) in [7, 11) is 0. The molecule has 0 aliphatic rings. The van der Waals surface area contributed by atoms with Gasteiger partial charge in [0.2, 0.25) is 11.5 Å². The Hall–Kier alpha value is -0.960. The van der Waals surface area contributed by atoms with Crippen molar-refractivity contribution in [2.24, 2.45) is 4.36 Å². The molecule has 0 bridgehead atoms. The van der Waals surface area contributed by atoms with E-state index in [0.717, 1.165) is 11.3 Å². The second-order valence-electron chi connectivity index (χ2n) is 1.95. The minimum Gasteiger partial charge on any atom is -0.191 e. The summed E-state index contributed by atoms with van der Waals surface area (Å²) in [6, 6.07) is 7.53. The van der Waals surface area contributed by atoms with Crippen molar-refractivity contribution >= 4 is 17.2 Å². The molecule has 0 atom stereocenters. The molecule has 0 spiro atoms. The molecule has 1 aromatic carbocycles. The maximum atomic E-state index is 10.0. The predicted molar refractivity (Wildman–Crippen MR) is 41.4 cm³/mol. The van der Waals surface area contributed by atoms with Crippen molar-refractivity contribution in [1.29, 1.82) is 0 Å². The van der Waals surface area contributed by atoms with Crippen molar-refractivity contribution in [2.75, 3.05) is 0 Å². The van der Waals surface area contributed by atoms with Crippen LogP contribution in [-0.4, -0.2) is 4.21 Å². The summed E-state index contributed by atoms with van der Waals surface area (Å²) in [5.41, 5.74) is 1.80. The first-order valence-electron chi connectivity index (χ1n) is 2.90. The normalized spacial score (nSPS) is 8.90. The van der Waals surface area contributed by atoms with Crippen LogP contribution in [0.3, 0.4) is 0 Å². The van der Waals surface area contributed by atoms with E-state index in [-0.39, 0.29) is 11.5 Å². The zero-order valence-corrected chi connectivity index (χ0v) is 6.39. The average molecular weight is 153 g/mol. The van der Waals surface area contributed by atoms with Gasteiger partial charge in [0.15, 0.2) is 0 Å². The Morgan fingerprint density at radius 3 is 2.70 bits per heavy atom. The minimum atomic E-state index is 0.244. The van der Waals surface area contributed by atoms with Gasteiger partial charge in [0, 0.05) is 0 Å². The van der Waals surface area contributed by atoms with E-state index >= 15 is 0 Å². The number of nitrogens with zero attached hydrogens (tertiary/aromatic N) is 1. The Morgan fingerprint density at radius 1 is 1.40 bits per heavy atom. The molecule has 2 nitrogen and oxygen atoms in total. The topological polar surface area (TPSA) is 29.4 Å². The quantitative estimate of drug-likeness (QED) is 0.607. The molecule has 0 fully saturated rings. The molecule has 0 unspecified atom stereocenters. The van der Waals surface area contributed by atoms with Crippen molar-refractivity contribution < 1.29 is 4.21 Å². The second-order valence-corrected chi connectivity index (χ2v) is 2.28. The summed E-state index contributed by atoms with van der Waals surface area (Å²) < 4.78 is 13.7. The lowest BCUT2D eigenvalue weighted by atomic mass is 10.2. The van der Waals surface area contributed by atoms with Crippen LogP contribution < -0.4 is 0 Å². The zero-order chi connectivity index (χ0) is 7.40. The summed E-state index contributed by atoms with van der Waals surface area (Å²) in [4.78, 5) is 0. The van der Waals surface area contributed by atoms with E-state index in [2.05, 4.69) is 4.36 Å². The third-order valence-corrected chi connectivity index (χ3v) is 1.52. The lowest BCUT2D eigenvalue weighted by Gasteiger charge is -1.92. The molecule has 1 aromatic rings. The zero-order valence-electron chi connectivity index (χ0n) is 5.57. The van der Waals surface area contributed by atoms with Gasteiger partial charge < -0.3 is 0 Å². The van der Waals surface area contributed by atoms with Crippen LogP contribution in [0.2, 0.25) is 0 Å². The van der Waals surface area contributed by atoms with E-state index in [1.807, 2.05) is 31.2 Å². The van der Waals surface area contributed by atoms with Crippen molar-refractivity contribution in [3.63, 3.8) is 0 Å². The highest BCUT2D eigenvalue weighted by atomic mass is 32.1. The number of hydrogen-bond donors (Lipinski definition) is 0. The van der Waals surface area contributed by atoms with Crippen LogP contribution in [0, 0.1) is 6.92 Å².